The van der Waals surface area contributed by atoms with Gasteiger partial charge in [-0.2, -0.15) is 0 Å². The number of ether oxygens (including phenoxy) is 3. The summed E-state index contributed by atoms with van der Waals surface area (Å²) in [5.41, 5.74) is 0. The first-order valence-corrected chi connectivity index (χ1v) is 7.00. The summed E-state index contributed by atoms with van der Waals surface area (Å²) in [4.78, 5) is 0. The molecule has 0 aromatic heterocycles. The van der Waals surface area contributed by atoms with Crippen molar-refractivity contribution >= 4 is 0 Å². The quantitative estimate of drug-likeness (QED) is 0.764. The molecule has 1 aliphatic heterocycles. The van der Waals surface area contributed by atoms with Crippen molar-refractivity contribution in [3.05, 3.63) is 30.3 Å². The fourth-order valence-electron chi connectivity index (χ4n) is 2.25. The topological polar surface area (TPSA) is 39.7 Å². The first-order valence-electron chi connectivity index (χ1n) is 7.00. The fraction of sp³-hybridized carbons (Fsp3) is 0.600. The Kier molecular flexibility index (Phi) is 6.14. The van der Waals surface area contributed by atoms with Crippen molar-refractivity contribution in [2.75, 3.05) is 33.0 Å². The summed E-state index contributed by atoms with van der Waals surface area (Å²) in [5.74, 6) is 0.884. The van der Waals surface area contributed by atoms with Gasteiger partial charge in [-0.15, -0.1) is 0 Å². The number of rotatable bonds is 7. The normalized spacial score (nSPS) is 23.2. The lowest BCUT2D eigenvalue weighted by Gasteiger charge is -2.31. The van der Waals surface area contributed by atoms with Crippen LogP contribution in [0.5, 0.6) is 5.75 Å². The second-order valence-electron chi connectivity index (χ2n) is 4.60. The highest BCUT2D eigenvalue weighted by molar-refractivity contribution is 5.20. The van der Waals surface area contributed by atoms with Gasteiger partial charge in [0.25, 0.3) is 0 Å². The summed E-state index contributed by atoms with van der Waals surface area (Å²) in [6.45, 7) is 5.72. The van der Waals surface area contributed by atoms with Crippen LogP contribution in [0.3, 0.4) is 0 Å². The van der Waals surface area contributed by atoms with E-state index < -0.39 is 0 Å². The van der Waals surface area contributed by atoms with Crippen LogP contribution >= 0.6 is 0 Å². The molecular weight excluding hydrogens is 242 g/mol. The van der Waals surface area contributed by atoms with Crippen molar-refractivity contribution in [2.45, 2.75) is 25.5 Å². The van der Waals surface area contributed by atoms with Crippen LogP contribution in [0.2, 0.25) is 0 Å². The van der Waals surface area contributed by atoms with Gasteiger partial charge in [0, 0.05) is 12.6 Å². The maximum atomic E-state index is 5.86. The van der Waals surface area contributed by atoms with E-state index >= 15 is 0 Å². The van der Waals surface area contributed by atoms with Crippen molar-refractivity contribution in [3.63, 3.8) is 0 Å². The van der Waals surface area contributed by atoms with Crippen molar-refractivity contribution in [3.8, 4) is 5.75 Å². The molecule has 2 unspecified atom stereocenters. The second kappa shape index (κ2) is 8.15. The minimum atomic E-state index is 0.132. The molecule has 106 valence electrons. The molecule has 0 saturated carbocycles. The van der Waals surface area contributed by atoms with Gasteiger partial charge in [0.15, 0.2) is 0 Å². The molecule has 2 atom stereocenters. The zero-order chi connectivity index (χ0) is 13.3. The fourth-order valence-corrected chi connectivity index (χ4v) is 2.25. The molecular formula is C15H23NO3. The minimum absolute atomic E-state index is 0.132. The van der Waals surface area contributed by atoms with Gasteiger partial charge in [-0.3, -0.25) is 0 Å². The Balaban J connectivity index is 1.66. The van der Waals surface area contributed by atoms with Crippen LogP contribution in [0.15, 0.2) is 30.3 Å². The highest BCUT2D eigenvalue weighted by atomic mass is 16.6. The van der Waals surface area contributed by atoms with E-state index in [1.807, 2.05) is 30.3 Å². The van der Waals surface area contributed by atoms with Crippen LogP contribution in [0.25, 0.3) is 0 Å². The Hall–Kier alpha value is -1.10. The molecule has 1 aromatic rings. The first kappa shape index (κ1) is 14.3. The average molecular weight is 265 g/mol. The van der Waals surface area contributed by atoms with E-state index in [1.165, 1.54) is 0 Å². The van der Waals surface area contributed by atoms with Gasteiger partial charge in [-0.25, -0.2) is 0 Å². The van der Waals surface area contributed by atoms with Crippen molar-refractivity contribution in [1.29, 1.82) is 0 Å². The van der Waals surface area contributed by atoms with E-state index in [9.17, 15) is 0 Å². The largest absolute Gasteiger partial charge is 0.491 e. The molecule has 4 heteroatoms. The molecule has 0 spiro atoms. The Morgan fingerprint density at radius 2 is 2.11 bits per heavy atom. The van der Waals surface area contributed by atoms with Gasteiger partial charge in [-0.05, 0) is 25.1 Å². The van der Waals surface area contributed by atoms with E-state index in [4.69, 9.17) is 14.2 Å². The Bertz CT molecular complexity index is 343. The van der Waals surface area contributed by atoms with Crippen LogP contribution in [0, 0.1) is 0 Å². The SMILES string of the molecule is CCNC1CCOCC1OCCOc1ccccc1. The van der Waals surface area contributed by atoms with E-state index in [-0.39, 0.29) is 6.10 Å². The molecule has 1 N–H and O–H groups in total. The molecule has 0 amide bonds. The number of nitrogens with one attached hydrogen (secondary N) is 1. The van der Waals surface area contributed by atoms with Gasteiger partial charge in [0.1, 0.15) is 12.4 Å². The van der Waals surface area contributed by atoms with Crippen molar-refractivity contribution in [1.82, 2.24) is 5.32 Å². The molecule has 0 radical (unpaired) electrons. The minimum Gasteiger partial charge on any atom is -0.491 e. The maximum absolute atomic E-state index is 5.86. The zero-order valence-electron chi connectivity index (χ0n) is 11.5. The molecule has 2 rings (SSSR count). The van der Waals surface area contributed by atoms with Crippen LogP contribution in [-0.2, 0) is 9.47 Å². The van der Waals surface area contributed by atoms with E-state index in [0.717, 1.165) is 25.3 Å². The molecule has 1 aliphatic rings. The Morgan fingerprint density at radius 3 is 2.89 bits per heavy atom. The summed E-state index contributed by atoms with van der Waals surface area (Å²) in [6, 6.07) is 10.2. The Labute approximate surface area is 115 Å². The number of hydrogen-bond donors (Lipinski definition) is 1. The molecule has 1 aromatic carbocycles. The third-order valence-corrected chi connectivity index (χ3v) is 3.20. The van der Waals surface area contributed by atoms with Crippen LogP contribution in [0.1, 0.15) is 13.3 Å². The number of para-hydroxylation sites is 1. The van der Waals surface area contributed by atoms with Crippen LogP contribution < -0.4 is 10.1 Å². The van der Waals surface area contributed by atoms with Gasteiger partial charge >= 0.3 is 0 Å². The van der Waals surface area contributed by atoms with Gasteiger partial charge in [-0.1, -0.05) is 25.1 Å². The first-order chi connectivity index (χ1) is 9.40. The standard InChI is InChI=1S/C15H23NO3/c1-2-16-14-8-9-17-12-15(14)19-11-10-18-13-6-4-3-5-7-13/h3-7,14-16H,2,8-12H2,1H3. The molecule has 0 aliphatic carbocycles. The van der Waals surface area contributed by atoms with Gasteiger partial charge in [0.05, 0.1) is 19.3 Å². The van der Waals surface area contributed by atoms with Gasteiger partial charge in [0.2, 0.25) is 0 Å². The highest BCUT2D eigenvalue weighted by Crippen LogP contribution is 2.12. The van der Waals surface area contributed by atoms with E-state index in [1.54, 1.807) is 0 Å². The summed E-state index contributed by atoms with van der Waals surface area (Å²) in [6.07, 6.45) is 1.14. The number of benzene rings is 1. The molecule has 1 heterocycles. The number of likely N-dealkylation sites (N-methyl/N-ethyl adjacent to an activating group) is 1. The second-order valence-corrected chi connectivity index (χ2v) is 4.60. The molecule has 1 fully saturated rings. The van der Waals surface area contributed by atoms with E-state index in [0.29, 0.717) is 25.9 Å². The lowest BCUT2D eigenvalue weighted by molar-refractivity contribution is -0.0737. The average Bonchev–Trinajstić information content (AvgIpc) is 2.47. The molecule has 1 saturated heterocycles. The summed E-state index contributed by atoms with van der Waals surface area (Å²) in [7, 11) is 0. The summed E-state index contributed by atoms with van der Waals surface area (Å²) < 4.78 is 16.9. The lowest BCUT2D eigenvalue weighted by atomic mass is 10.1. The third-order valence-electron chi connectivity index (χ3n) is 3.20. The predicted octanol–water partition coefficient (Wildman–Crippen LogP) is 1.85. The monoisotopic (exact) mass is 265 g/mol. The highest BCUT2D eigenvalue weighted by Gasteiger charge is 2.25. The summed E-state index contributed by atoms with van der Waals surface area (Å²) >= 11 is 0. The maximum Gasteiger partial charge on any atom is 0.119 e. The van der Waals surface area contributed by atoms with E-state index in [2.05, 4.69) is 12.2 Å². The third kappa shape index (κ3) is 4.82. The van der Waals surface area contributed by atoms with Crippen LogP contribution in [0.4, 0.5) is 0 Å². The van der Waals surface area contributed by atoms with Crippen molar-refractivity contribution in [2.24, 2.45) is 0 Å². The Morgan fingerprint density at radius 1 is 1.26 bits per heavy atom. The molecule has 4 nitrogen and oxygen atoms in total. The number of hydrogen-bond acceptors (Lipinski definition) is 4. The van der Waals surface area contributed by atoms with Gasteiger partial charge < -0.3 is 19.5 Å². The smallest absolute Gasteiger partial charge is 0.119 e. The molecule has 19 heavy (non-hydrogen) atoms. The zero-order valence-corrected chi connectivity index (χ0v) is 11.5. The van der Waals surface area contributed by atoms with Crippen LogP contribution in [-0.4, -0.2) is 45.1 Å². The van der Waals surface area contributed by atoms with Crippen molar-refractivity contribution < 1.29 is 14.2 Å². The molecule has 0 bridgehead atoms. The summed E-state index contributed by atoms with van der Waals surface area (Å²) in [5, 5.41) is 3.45. The lowest BCUT2D eigenvalue weighted by Crippen LogP contribution is -2.48. The predicted molar refractivity (Wildman–Crippen MR) is 74.6 cm³/mol.